The van der Waals surface area contributed by atoms with Crippen molar-refractivity contribution in [2.24, 2.45) is 0 Å². The quantitative estimate of drug-likeness (QED) is 0.675. The molecule has 6 nitrogen and oxygen atoms in total. The van der Waals surface area contributed by atoms with Crippen LogP contribution in [0.25, 0.3) is 0 Å². The minimum Gasteiger partial charge on any atom is -0.482 e. The van der Waals surface area contributed by atoms with E-state index in [2.05, 4.69) is 5.32 Å². The van der Waals surface area contributed by atoms with E-state index in [1.807, 2.05) is 0 Å². The fraction of sp³-hybridized carbons (Fsp3) is 0.0714. The first kappa shape index (κ1) is 15.7. The smallest absolute Gasteiger partial charge is 0.271 e. The number of nitrogens with zero attached hydrogens (tertiary/aromatic N) is 1. The van der Waals surface area contributed by atoms with E-state index in [-0.39, 0.29) is 23.1 Å². The molecule has 8 heteroatoms. The molecule has 0 saturated carbocycles. The fourth-order valence-corrected chi connectivity index (χ4v) is 1.82. The molecule has 0 fully saturated rings. The maximum atomic E-state index is 12.7. The zero-order chi connectivity index (χ0) is 16.1. The molecule has 22 heavy (non-hydrogen) atoms. The molecular formula is C14H10ClFN2O4. The highest BCUT2D eigenvalue weighted by Gasteiger charge is 2.11. The van der Waals surface area contributed by atoms with Crippen LogP contribution in [0, 0.1) is 15.9 Å². The van der Waals surface area contributed by atoms with Gasteiger partial charge in [-0.2, -0.15) is 0 Å². The van der Waals surface area contributed by atoms with E-state index in [0.29, 0.717) is 5.69 Å². The van der Waals surface area contributed by atoms with Crippen molar-refractivity contribution in [3.63, 3.8) is 0 Å². The predicted octanol–water partition coefficient (Wildman–Crippen LogP) is 3.40. The van der Waals surface area contributed by atoms with E-state index in [4.69, 9.17) is 16.3 Å². The van der Waals surface area contributed by atoms with Crippen LogP contribution in [-0.2, 0) is 4.79 Å². The Morgan fingerprint density at radius 1 is 1.27 bits per heavy atom. The molecule has 0 aromatic heterocycles. The number of carbonyl (C=O) groups excluding carboxylic acids is 1. The largest absolute Gasteiger partial charge is 0.482 e. The second kappa shape index (κ2) is 6.86. The third kappa shape index (κ3) is 4.16. The van der Waals surface area contributed by atoms with E-state index >= 15 is 0 Å². The maximum Gasteiger partial charge on any atom is 0.271 e. The van der Waals surface area contributed by atoms with Crippen molar-refractivity contribution in [2.45, 2.75) is 0 Å². The van der Waals surface area contributed by atoms with E-state index in [9.17, 15) is 19.3 Å². The zero-order valence-corrected chi connectivity index (χ0v) is 11.8. The number of anilines is 1. The summed E-state index contributed by atoms with van der Waals surface area (Å²) in [6, 6.07) is 8.91. The Bertz CT molecular complexity index is 706. The molecule has 114 valence electrons. The molecule has 0 radical (unpaired) electrons. The number of hydrogen-bond acceptors (Lipinski definition) is 4. The summed E-state index contributed by atoms with van der Waals surface area (Å²) in [6.45, 7) is -0.338. The van der Waals surface area contributed by atoms with Gasteiger partial charge in [-0.1, -0.05) is 11.6 Å². The normalized spacial score (nSPS) is 10.1. The third-order valence-corrected chi connectivity index (χ3v) is 2.91. The van der Waals surface area contributed by atoms with Crippen LogP contribution >= 0.6 is 11.6 Å². The number of non-ortho nitro benzene ring substituents is 1. The Kier molecular flexibility index (Phi) is 4.90. The molecule has 0 unspecified atom stereocenters. The lowest BCUT2D eigenvalue weighted by molar-refractivity contribution is -0.384. The van der Waals surface area contributed by atoms with Crippen molar-refractivity contribution in [3.8, 4) is 5.75 Å². The summed E-state index contributed by atoms with van der Waals surface area (Å²) in [6.07, 6.45) is 0. The van der Waals surface area contributed by atoms with E-state index in [0.717, 1.165) is 6.07 Å². The molecule has 1 N–H and O–H groups in total. The molecule has 2 rings (SSSR count). The summed E-state index contributed by atoms with van der Waals surface area (Å²) in [5, 5.41) is 13.1. The first-order valence-electron chi connectivity index (χ1n) is 6.08. The molecule has 0 bridgehead atoms. The Labute approximate surface area is 129 Å². The van der Waals surface area contributed by atoms with Crippen LogP contribution in [0.3, 0.4) is 0 Å². The van der Waals surface area contributed by atoms with Crippen molar-refractivity contribution in [2.75, 3.05) is 11.9 Å². The SMILES string of the molecule is O=C(COc1ccc([N+](=O)[O-])cc1Cl)Nc1ccc(F)cc1. The lowest BCUT2D eigenvalue weighted by atomic mass is 10.3. The predicted molar refractivity (Wildman–Crippen MR) is 78.6 cm³/mol. The molecule has 0 aliphatic heterocycles. The lowest BCUT2D eigenvalue weighted by Crippen LogP contribution is -2.20. The highest BCUT2D eigenvalue weighted by molar-refractivity contribution is 6.32. The highest BCUT2D eigenvalue weighted by atomic mass is 35.5. The number of halogens is 2. The standard InChI is InChI=1S/C14H10ClFN2O4/c15-12-7-11(18(20)21)5-6-13(12)22-8-14(19)17-10-3-1-9(16)2-4-10/h1-7H,8H2,(H,17,19). The van der Waals surface area contributed by atoms with Crippen LogP contribution in [0.5, 0.6) is 5.75 Å². The number of nitro groups is 1. The molecule has 0 atom stereocenters. The van der Waals surface area contributed by atoms with Crippen LogP contribution in [-0.4, -0.2) is 17.4 Å². The molecule has 2 aromatic rings. The van der Waals surface area contributed by atoms with Gasteiger partial charge in [0.15, 0.2) is 6.61 Å². The summed E-state index contributed by atoms with van der Waals surface area (Å²) in [5.41, 5.74) is 0.248. The molecular weight excluding hydrogens is 315 g/mol. The van der Waals surface area contributed by atoms with E-state index in [1.165, 1.54) is 36.4 Å². The Morgan fingerprint density at radius 3 is 2.55 bits per heavy atom. The van der Waals surface area contributed by atoms with Crippen LogP contribution in [0.15, 0.2) is 42.5 Å². The van der Waals surface area contributed by atoms with Gasteiger partial charge in [-0.3, -0.25) is 14.9 Å². The molecule has 2 aromatic carbocycles. The summed E-state index contributed by atoms with van der Waals surface area (Å²) < 4.78 is 17.9. The monoisotopic (exact) mass is 324 g/mol. The van der Waals surface area contributed by atoms with Crippen LogP contribution < -0.4 is 10.1 Å². The topological polar surface area (TPSA) is 81.5 Å². The number of amides is 1. The van der Waals surface area contributed by atoms with E-state index < -0.39 is 16.6 Å². The second-order valence-corrected chi connectivity index (χ2v) is 4.62. The zero-order valence-electron chi connectivity index (χ0n) is 11.1. The van der Waals surface area contributed by atoms with Gasteiger partial charge in [-0.05, 0) is 30.3 Å². The average Bonchev–Trinajstić information content (AvgIpc) is 2.48. The highest BCUT2D eigenvalue weighted by Crippen LogP contribution is 2.28. The second-order valence-electron chi connectivity index (χ2n) is 4.22. The Morgan fingerprint density at radius 2 is 1.95 bits per heavy atom. The molecule has 0 heterocycles. The minimum atomic E-state index is -0.586. The van der Waals surface area contributed by atoms with Crippen molar-refractivity contribution in [3.05, 3.63) is 63.4 Å². The maximum absolute atomic E-state index is 12.7. The Hall–Kier alpha value is -2.67. The van der Waals surface area contributed by atoms with Gasteiger partial charge < -0.3 is 10.1 Å². The summed E-state index contributed by atoms with van der Waals surface area (Å²) in [4.78, 5) is 21.7. The summed E-state index contributed by atoms with van der Waals surface area (Å²) in [7, 11) is 0. The minimum absolute atomic E-state index is 0.0313. The number of nitrogens with one attached hydrogen (secondary N) is 1. The molecule has 0 aliphatic carbocycles. The van der Waals surface area contributed by atoms with Crippen molar-refractivity contribution in [1.82, 2.24) is 0 Å². The van der Waals surface area contributed by atoms with Crippen molar-refractivity contribution >= 4 is 28.9 Å². The van der Waals surface area contributed by atoms with Crippen LogP contribution in [0.1, 0.15) is 0 Å². The van der Waals surface area contributed by atoms with Crippen LogP contribution in [0.2, 0.25) is 5.02 Å². The number of rotatable bonds is 5. The van der Waals surface area contributed by atoms with Crippen molar-refractivity contribution < 1.29 is 18.8 Å². The molecule has 0 spiro atoms. The number of carbonyl (C=O) groups is 1. The van der Waals surface area contributed by atoms with Crippen LogP contribution in [0.4, 0.5) is 15.8 Å². The lowest BCUT2D eigenvalue weighted by Gasteiger charge is -2.08. The first-order chi connectivity index (χ1) is 10.5. The van der Waals surface area contributed by atoms with Gasteiger partial charge in [0.1, 0.15) is 11.6 Å². The van der Waals surface area contributed by atoms with E-state index in [1.54, 1.807) is 0 Å². The van der Waals surface area contributed by atoms with Crippen molar-refractivity contribution in [1.29, 1.82) is 0 Å². The van der Waals surface area contributed by atoms with Gasteiger partial charge in [0.05, 0.1) is 9.95 Å². The fourth-order valence-electron chi connectivity index (χ4n) is 1.59. The number of hydrogen-bond donors (Lipinski definition) is 1. The van der Waals surface area contributed by atoms with Gasteiger partial charge in [-0.25, -0.2) is 4.39 Å². The Balaban J connectivity index is 1.93. The number of nitro benzene ring substituents is 1. The number of ether oxygens (including phenoxy) is 1. The van der Waals surface area contributed by atoms with Gasteiger partial charge in [0.25, 0.3) is 11.6 Å². The average molecular weight is 325 g/mol. The first-order valence-corrected chi connectivity index (χ1v) is 6.45. The van der Waals surface area contributed by atoms with Gasteiger partial charge in [-0.15, -0.1) is 0 Å². The third-order valence-electron chi connectivity index (χ3n) is 2.61. The summed E-state index contributed by atoms with van der Waals surface area (Å²) >= 11 is 5.83. The molecule has 1 amide bonds. The molecule has 0 aliphatic rings. The van der Waals surface area contributed by atoms with Gasteiger partial charge in [0, 0.05) is 17.8 Å². The van der Waals surface area contributed by atoms with Gasteiger partial charge >= 0.3 is 0 Å². The summed E-state index contributed by atoms with van der Waals surface area (Å²) in [5.74, 6) is -0.727. The molecule has 0 saturated heterocycles. The number of benzene rings is 2. The van der Waals surface area contributed by atoms with Gasteiger partial charge in [0.2, 0.25) is 0 Å².